The number of carboxylic acid groups (broad SMARTS) is 2. The zero-order valence-electron chi connectivity index (χ0n) is 16.9. The number of hydrogen-bond donors (Lipinski definition) is 0. The molecule has 0 spiro atoms. The van der Waals surface area contributed by atoms with Crippen LogP contribution in [-0.2, 0) is 9.59 Å². The molecule has 4 heteroatoms. The van der Waals surface area contributed by atoms with Crippen molar-refractivity contribution in [1.29, 1.82) is 0 Å². The van der Waals surface area contributed by atoms with Crippen LogP contribution in [0.2, 0.25) is 0 Å². The van der Waals surface area contributed by atoms with Crippen molar-refractivity contribution in [2.24, 2.45) is 0 Å². The zero-order chi connectivity index (χ0) is 19.6. The molecule has 0 heterocycles. The second-order valence-corrected chi connectivity index (χ2v) is 7.27. The van der Waals surface area contributed by atoms with Crippen LogP contribution in [0.4, 0.5) is 0 Å². The third-order valence-electron chi connectivity index (χ3n) is 4.92. The highest BCUT2D eigenvalue weighted by Crippen LogP contribution is 2.20. The van der Waals surface area contributed by atoms with Gasteiger partial charge in [-0.2, -0.15) is 0 Å². The molecule has 0 atom stereocenters. The summed E-state index contributed by atoms with van der Waals surface area (Å²) in [4.78, 5) is 22.8. The maximum atomic E-state index is 11.4. The predicted octanol–water partition coefficient (Wildman–Crippen LogP) is 4.06. The number of carbonyl (C=O) groups excluding carboxylic acids is 2. The Kier molecular flexibility index (Phi) is 16.2. The first-order valence-corrected chi connectivity index (χ1v) is 10.7. The molecule has 0 radical (unpaired) electrons. The minimum atomic E-state index is -1.35. The van der Waals surface area contributed by atoms with E-state index >= 15 is 0 Å². The van der Waals surface area contributed by atoms with E-state index in [4.69, 9.17) is 0 Å². The van der Waals surface area contributed by atoms with Crippen molar-refractivity contribution in [3.63, 3.8) is 0 Å². The molecule has 0 saturated carbocycles. The number of hydrogen-bond acceptors (Lipinski definition) is 4. The van der Waals surface area contributed by atoms with Crippen LogP contribution in [0, 0.1) is 0 Å². The van der Waals surface area contributed by atoms with E-state index in [1.165, 1.54) is 38.5 Å². The molecule has 0 saturated heterocycles. The van der Waals surface area contributed by atoms with E-state index in [-0.39, 0.29) is 24.0 Å². The summed E-state index contributed by atoms with van der Waals surface area (Å²) in [5.74, 6) is -2.70. The van der Waals surface area contributed by atoms with Gasteiger partial charge in [-0.1, -0.05) is 90.9 Å². The molecule has 0 rings (SSSR count). The fourth-order valence-corrected chi connectivity index (χ4v) is 3.27. The van der Waals surface area contributed by atoms with Crippen molar-refractivity contribution in [2.75, 3.05) is 0 Å². The van der Waals surface area contributed by atoms with E-state index in [0.29, 0.717) is 12.8 Å². The summed E-state index contributed by atoms with van der Waals surface area (Å²) in [6.07, 6.45) is 15.5. The molecule has 0 aliphatic carbocycles. The summed E-state index contributed by atoms with van der Waals surface area (Å²) in [6, 6.07) is 0. The molecular formula is C22H38O4-2. The summed E-state index contributed by atoms with van der Waals surface area (Å²) < 4.78 is 0. The van der Waals surface area contributed by atoms with Gasteiger partial charge in [0.1, 0.15) is 0 Å². The van der Waals surface area contributed by atoms with Gasteiger partial charge < -0.3 is 19.8 Å². The molecule has 0 N–H and O–H groups in total. The summed E-state index contributed by atoms with van der Waals surface area (Å²) in [7, 11) is 0. The molecule has 0 aromatic carbocycles. The van der Waals surface area contributed by atoms with Crippen LogP contribution >= 0.6 is 0 Å². The smallest absolute Gasteiger partial charge is 0.0678 e. The van der Waals surface area contributed by atoms with E-state index in [0.717, 1.165) is 38.5 Å². The van der Waals surface area contributed by atoms with Gasteiger partial charge in [0.25, 0.3) is 0 Å². The Morgan fingerprint density at radius 1 is 0.500 bits per heavy atom. The number of carbonyl (C=O) groups is 2. The lowest BCUT2D eigenvalue weighted by molar-refractivity contribution is -0.304. The first-order chi connectivity index (χ1) is 12.5. The third kappa shape index (κ3) is 13.0. The number of rotatable bonds is 18. The Labute approximate surface area is 160 Å². The van der Waals surface area contributed by atoms with Crippen molar-refractivity contribution in [3.8, 4) is 0 Å². The van der Waals surface area contributed by atoms with Gasteiger partial charge in [-0.15, -0.1) is 0 Å². The van der Waals surface area contributed by atoms with Crippen LogP contribution in [0.25, 0.3) is 0 Å². The first kappa shape index (κ1) is 24.7. The van der Waals surface area contributed by atoms with Gasteiger partial charge in [-0.05, 0) is 36.8 Å². The molecule has 0 unspecified atom stereocenters. The van der Waals surface area contributed by atoms with E-state index in [2.05, 4.69) is 13.8 Å². The highest BCUT2D eigenvalue weighted by molar-refractivity contribution is 5.97. The lowest BCUT2D eigenvalue weighted by Crippen LogP contribution is -2.32. The van der Waals surface area contributed by atoms with Crippen molar-refractivity contribution in [3.05, 3.63) is 11.1 Å². The van der Waals surface area contributed by atoms with Gasteiger partial charge in [0.05, 0.1) is 11.9 Å². The predicted molar refractivity (Wildman–Crippen MR) is 102 cm³/mol. The molecule has 152 valence electrons. The molecular weight excluding hydrogens is 328 g/mol. The fourth-order valence-electron chi connectivity index (χ4n) is 3.27. The third-order valence-corrected chi connectivity index (χ3v) is 4.92. The monoisotopic (exact) mass is 366 g/mol. The minimum absolute atomic E-state index is 0.0514. The Morgan fingerprint density at radius 2 is 0.769 bits per heavy atom. The average Bonchev–Trinajstić information content (AvgIpc) is 2.60. The Bertz CT molecular complexity index is 374. The molecule has 0 aromatic rings. The minimum Gasteiger partial charge on any atom is -0.545 e. The number of unbranched alkanes of at least 4 members (excludes halogenated alkanes) is 12. The molecule has 0 aliphatic rings. The largest absolute Gasteiger partial charge is 0.545 e. The Morgan fingerprint density at radius 3 is 1.04 bits per heavy atom. The first-order valence-electron chi connectivity index (χ1n) is 10.7. The normalized spacial score (nSPS) is 12.1. The maximum Gasteiger partial charge on any atom is 0.0678 e. The highest BCUT2D eigenvalue weighted by atomic mass is 16.4. The molecule has 4 nitrogen and oxygen atoms in total. The molecule has 0 aliphatic heterocycles. The Hall–Kier alpha value is -1.32. The summed E-state index contributed by atoms with van der Waals surface area (Å²) in [6.45, 7) is 4.34. The van der Waals surface area contributed by atoms with Crippen molar-refractivity contribution >= 4 is 11.9 Å². The van der Waals surface area contributed by atoms with Crippen molar-refractivity contribution in [2.45, 2.75) is 117 Å². The molecule has 26 heavy (non-hydrogen) atoms. The molecule has 0 amide bonds. The highest BCUT2D eigenvalue weighted by Gasteiger charge is 2.10. The van der Waals surface area contributed by atoms with Crippen LogP contribution in [0.3, 0.4) is 0 Å². The van der Waals surface area contributed by atoms with Gasteiger partial charge in [-0.3, -0.25) is 0 Å². The van der Waals surface area contributed by atoms with Gasteiger partial charge in [0.15, 0.2) is 0 Å². The van der Waals surface area contributed by atoms with Gasteiger partial charge in [-0.25, -0.2) is 0 Å². The van der Waals surface area contributed by atoms with Crippen LogP contribution in [0.15, 0.2) is 11.1 Å². The topological polar surface area (TPSA) is 80.3 Å². The van der Waals surface area contributed by atoms with Crippen LogP contribution < -0.4 is 10.2 Å². The summed E-state index contributed by atoms with van der Waals surface area (Å²) >= 11 is 0. The second-order valence-electron chi connectivity index (χ2n) is 7.27. The van der Waals surface area contributed by atoms with E-state index < -0.39 is 11.9 Å². The van der Waals surface area contributed by atoms with Gasteiger partial charge >= 0.3 is 0 Å². The van der Waals surface area contributed by atoms with Gasteiger partial charge in [0.2, 0.25) is 0 Å². The number of aliphatic carboxylic acids is 2. The van der Waals surface area contributed by atoms with Crippen LogP contribution in [0.5, 0.6) is 0 Å². The van der Waals surface area contributed by atoms with Crippen LogP contribution in [0.1, 0.15) is 117 Å². The van der Waals surface area contributed by atoms with E-state index in [1.54, 1.807) is 0 Å². The van der Waals surface area contributed by atoms with Crippen LogP contribution in [-0.4, -0.2) is 11.9 Å². The maximum absolute atomic E-state index is 11.4. The molecule has 0 aromatic heterocycles. The SMILES string of the molecule is CCCCCCCCC/C(C(=O)[O-])=C(\CCCCCCCCC)C(=O)[O-]. The standard InChI is InChI=1S/C22H40O4/c1-3-5-7-9-11-13-15-17-19(21(23)24)20(22(25)26)18-16-14-12-10-8-6-4-2/h3-18H2,1-2H3,(H,23,24)(H,25,26)/p-2/b20-19-. The van der Waals surface area contributed by atoms with E-state index in [9.17, 15) is 19.8 Å². The van der Waals surface area contributed by atoms with Gasteiger partial charge in [0, 0.05) is 0 Å². The number of carboxylic acids is 2. The van der Waals surface area contributed by atoms with Crippen molar-refractivity contribution in [1.82, 2.24) is 0 Å². The zero-order valence-corrected chi connectivity index (χ0v) is 16.9. The second kappa shape index (κ2) is 17.1. The quantitative estimate of drug-likeness (QED) is 0.270. The van der Waals surface area contributed by atoms with Crippen molar-refractivity contribution < 1.29 is 19.8 Å². The summed E-state index contributed by atoms with van der Waals surface area (Å²) in [5, 5.41) is 22.8. The van der Waals surface area contributed by atoms with E-state index in [1.807, 2.05) is 0 Å². The summed E-state index contributed by atoms with van der Waals surface area (Å²) in [5.41, 5.74) is -0.103. The molecule has 0 bridgehead atoms. The average molecular weight is 367 g/mol. The lowest BCUT2D eigenvalue weighted by Gasteiger charge is -2.17. The molecule has 0 fully saturated rings. The Balaban J connectivity index is 4.34. The fraction of sp³-hybridized carbons (Fsp3) is 0.818. The lowest BCUT2D eigenvalue weighted by atomic mass is 9.96.